The first-order valence-corrected chi connectivity index (χ1v) is 9.15. The molecule has 7 nitrogen and oxygen atoms in total. The van der Waals surface area contributed by atoms with Crippen molar-refractivity contribution in [3.05, 3.63) is 46.8 Å². The van der Waals surface area contributed by atoms with Gasteiger partial charge >= 0.3 is 0 Å². The molecule has 27 heavy (non-hydrogen) atoms. The number of nitrogens with zero attached hydrogens (tertiary/aromatic N) is 3. The van der Waals surface area contributed by atoms with E-state index in [0.717, 1.165) is 17.7 Å². The fourth-order valence-electron chi connectivity index (χ4n) is 3.23. The zero-order valence-corrected chi connectivity index (χ0v) is 16.0. The van der Waals surface area contributed by atoms with E-state index in [-0.39, 0.29) is 11.8 Å². The molecule has 1 saturated heterocycles. The van der Waals surface area contributed by atoms with Crippen molar-refractivity contribution >= 4 is 11.8 Å². The summed E-state index contributed by atoms with van der Waals surface area (Å²) in [5.74, 6) is 1.23. The van der Waals surface area contributed by atoms with E-state index in [9.17, 15) is 9.59 Å². The molecule has 1 aliphatic heterocycles. The number of benzene rings is 1. The van der Waals surface area contributed by atoms with Crippen molar-refractivity contribution < 1.29 is 18.8 Å². The summed E-state index contributed by atoms with van der Waals surface area (Å²) in [5.41, 5.74) is 2.21. The molecule has 0 bridgehead atoms. The number of rotatable bonds is 4. The van der Waals surface area contributed by atoms with E-state index in [1.165, 1.54) is 0 Å². The molecule has 0 saturated carbocycles. The second-order valence-corrected chi connectivity index (χ2v) is 6.74. The molecular formula is C20H25N3O4. The minimum absolute atomic E-state index is 0.0486. The highest BCUT2D eigenvalue weighted by molar-refractivity contribution is 5.97. The van der Waals surface area contributed by atoms with E-state index >= 15 is 0 Å². The van der Waals surface area contributed by atoms with Gasteiger partial charge in [-0.1, -0.05) is 17.3 Å². The standard InChI is InChI=1S/C20H25N3O4/c1-14-18(15(2)27-21-14)13-26-19-8-5-4-7-17(19)20(25)23-10-6-9-22(11-12-23)16(3)24/h4-5,7-8H,6,9-13H2,1-3H3. The minimum Gasteiger partial charge on any atom is -0.488 e. The highest BCUT2D eigenvalue weighted by atomic mass is 16.5. The third-order valence-electron chi connectivity index (χ3n) is 4.90. The molecule has 7 heteroatoms. The van der Waals surface area contributed by atoms with Crippen molar-refractivity contribution in [3.8, 4) is 5.75 Å². The van der Waals surface area contributed by atoms with Gasteiger partial charge in [-0.3, -0.25) is 9.59 Å². The summed E-state index contributed by atoms with van der Waals surface area (Å²) < 4.78 is 11.1. The highest BCUT2D eigenvalue weighted by Gasteiger charge is 2.23. The Morgan fingerprint density at radius 2 is 1.81 bits per heavy atom. The van der Waals surface area contributed by atoms with Crippen LogP contribution in [0.3, 0.4) is 0 Å². The fraction of sp³-hybridized carbons (Fsp3) is 0.450. The van der Waals surface area contributed by atoms with Gasteiger partial charge in [-0.25, -0.2) is 0 Å². The van der Waals surface area contributed by atoms with Gasteiger partial charge in [-0.15, -0.1) is 0 Å². The molecule has 0 spiro atoms. The lowest BCUT2D eigenvalue weighted by Gasteiger charge is -2.22. The maximum atomic E-state index is 13.1. The van der Waals surface area contributed by atoms with Crippen LogP contribution >= 0.6 is 0 Å². The second kappa shape index (κ2) is 8.24. The van der Waals surface area contributed by atoms with E-state index in [1.807, 2.05) is 26.0 Å². The fourth-order valence-corrected chi connectivity index (χ4v) is 3.23. The Hall–Kier alpha value is -2.83. The first-order chi connectivity index (χ1) is 13.0. The van der Waals surface area contributed by atoms with E-state index in [1.54, 1.807) is 28.9 Å². The Morgan fingerprint density at radius 1 is 1.11 bits per heavy atom. The number of ether oxygens (including phenoxy) is 1. The van der Waals surface area contributed by atoms with Crippen molar-refractivity contribution in [1.29, 1.82) is 0 Å². The molecule has 1 aromatic carbocycles. The Kier molecular flexibility index (Phi) is 5.78. The number of carbonyl (C=O) groups excluding carboxylic acids is 2. The highest BCUT2D eigenvalue weighted by Crippen LogP contribution is 2.23. The van der Waals surface area contributed by atoms with Gasteiger partial charge in [-0.05, 0) is 32.4 Å². The van der Waals surface area contributed by atoms with E-state index in [2.05, 4.69) is 5.16 Å². The molecule has 0 atom stereocenters. The molecule has 0 radical (unpaired) electrons. The quantitative estimate of drug-likeness (QED) is 0.826. The molecule has 2 heterocycles. The predicted molar refractivity (Wildman–Crippen MR) is 99.5 cm³/mol. The summed E-state index contributed by atoms with van der Waals surface area (Å²) in [6.07, 6.45) is 0.771. The Balaban J connectivity index is 1.73. The molecule has 0 aliphatic carbocycles. The van der Waals surface area contributed by atoms with Crippen LogP contribution in [-0.2, 0) is 11.4 Å². The topological polar surface area (TPSA) is 75.9 Å². The van der Waals surface area contributed by atoms with Gasteiger partial charge in [0, 0.05) is 33.1 Å². The third-order valence-corrected chi connectivity index (χ3v) is 4.90. The van der Waals surface area contributed by atoms with Crippen LogP contribution in [0.5, 0.6) is 5.75 Å². The lowest BCUT2D eigenvalue weighted by atomic mass is 10.1. The summed E-state index contributed by atoms with van der Waals surface area (Å²) in [6.45, 7) is 7.96. The van der Waals surface area contributed by atoms with E-state index in [0.29, 0.717) is 49.9 Å². The summed E-state index contributed by atoms with van der Waals surface area (Å²) in [4.78, 5) is 28.2. The number of aryl methyl sites for hydroxylation is 2. The molecule has 144 valence electrons. The molecule has 0 unspecified atom stereocenters. The molecule has 2 amide bonds. The minimum atomic E-state index is -0.0743. The molecular weight excluding hydrogens is 346 g/mol. The largest absolute Gasteiger partial charge is 0.488 e. The predicted octanol–water partition coefficient (Wildman–Crippen LogP) is 2.56. The van der Waals surface area contributed by atoms with E-state index in [4.69, 9.17) is 9.26 Å². The zero-order valence-electron chi connectivity index (χ0n) is 16.0. The van der Waals surface area contributed by atoms with Gasteiger partial charge < -0.3 is 19.1 Å². The molecule has 1 fully saturated rings. The van der Waals surface area contributed by atoms with E-state index < -0.39 is 0 Å². The van der Waals surface area contributed by atoms with Crippen molar-refractivity contribution in [2.45, 2.75) is 33.8 Å². The molecule has 0 N–H and O–H groups in total. The average Bonchev–Trinajstić information content (AvgIpc) is 2.86. The van der Waals surface area contributed by atoms with Gasteiger partial charge in [0.25, 0.3) is 5.91 Å². The van der Waals surface area contributed by atoms with Crippen LogP contribution in [0.15, 0.2) is 28.8 Å². The lowest BCUT2D eigenvalue weighted by molar-refractivity contribution is -0.128. The van der Waals surface area contributed by atoms with Crippen molar-refractivity contribution in [1.82, 2.24) is 15.0 Å². The maximum Gasteiger partial charge on any atom is 0.257 e. The molecule has 1 aliphatic rings. The van der Waals surface area contributed by atoms with Gasteiger partial charge in [0.1, 0.15) is 18.1 Å². The monoisotopic (exact) mass is 371 g/mol. The van der Waals surface area contributed by atoms with Gasteiger partial charge in [0.2, 0.25) is 5.91 Å². The van der Waals surface area contributed by atoms with Gasteiger partial charge in [0.15, 0.2) is 0 Å². The molecule has 1 aromatic heterocycles. The van der Waals surface area contributed by atoms with Crippen LogP contribution < -0.4 is 4.74 Å². The average molecular weight is 371 g/mol. The molecule has 2 aromatic rings. The summed E-state index contributed by atoms with van der Waals surface area (Å²) >= 11 is 0. The first kappa shape index (κ1) is 18.9. The number of hydrogen-bond donors (Lipinski definition) is 0. The van der Waals surface area contributed by atoms with Crippen LogP contribution in [0.4, 0.5) is 0 Å². The summed E-state index contributed by atoms with van der Waals surface area (Å²) in [5, 5.41) is 3.93. The second-order valence-electron chi connectivity index (χ2n) is 6.74. The lowest BCUT2D eigenvalue weighted by Crippen LogP contribution is -2.36. The maximum absolute atomic E-state index is 13.1. The zero-order chi connectivity index (χ0) is 19.4. The Morgan fingerprint density at radius 3 is 2.52 bits per heavy atom. The SMILES string of the molecule is CC(=O)N1CCCN(C(=O)c2ccccc2OCc2c(C)noc2C)CC1. The van der Waals surface area contributed by atoms with Crippen LogP contribution in [-0.4, -0.2) is 52.9 Å². The third kappa shape index (κ3) is 4.30. The summed E-state index contributed by atoms with van der Waals surface area (Å²) in [7, 11) is 0. The van der Waals surface area contributed by atoms with Crippen molar-refractivity contribution in [3.63, 3.8) is 0 Å². The number of amides is 2. The Labute approximate surface area is 158 Å². The van der Waals surface area contributed by atoms with Crippen molar-refractivity contribution in [2.75, 3.05) is 26.2 Å². The van der Waals surface area contributed by atoms with Gasteiger partial charge in [0.05, 0.1) is 16.8 Å². The number of para-hydroxylation sites is 1. The smallest absolute Gasteiger partial charge is 0.257 e. The van der Waals surface area contributed by atoms with Crippen LogP contribution in [0.2, 0.25) is 0 Å². The number of carbonyl (C=O) groups is 2. The molecule has 3 rings (SSSR count). The first-order valence-electron chi connectivity index (χ1n) is 9.15. The number of aromatic nitrogens is 1. The Bertz CT molecular complexity index is 811. The van der Waals surface area contributed by atoms with Crippen LogP contribution in [0.25, 0.3) is 0 Å². The summed E-state index contributed by atoms with van der Waals surface area (Å²) in [6, 6.07) is 7.25. The van der Waals surface area contributed by atoms with Gasteiger partial charge in [-0.2, -0.15) is 0 Å². The van der Waals surface area contributed by atoms with Crippen LogP contribution in [0.1, 0.15) is 40.7 Å². The number of hydrogen-bond acceptors (Lipinski definition) is 5. The normalized spacial score (nSPS) is 14.8. The van der Waals surface area contributed by atoms with Crippen LogP contribution in [0, 0.1) is 13.8 Å². The van der Waals surface area contributed by atoms with Crippen molar-refractivity contribution in [2.24, 2.45) is 0 Å².